The van der Waals surface area contributed by atoms with Crippen molar-refractivity contribution >= 4 is 5.91 Å². The molecule has 2 aromatic carbocycles. The van der Waals surface area contributed by atoms with Crippen molar-refractivity contribution in [3.8, 4) is 0 Å². The molecule has 0 aliphatic carbocycles. The molecule has 0 spiro atoms. The lowest BCUT2D eigenvalue weighted by Gasteiger charge is -2.17. The van der Waals surface area contributed by atoms with E-state index in [2.05, 4.69) is 36.4 Å². The Morgan fingerprint density at radius 2 is 1.36 bits per heavy atom. The molecule has 0 fully saturated rings. The summed E-state index contributed by atoms with van der Waals surface area (Å²) in [7, 11) is 1.91. The van der Waals surface area contributed by atoms with Crippen molar-refractivity contribution in [3.05, 3.63) is 71.8 Å². The molecule has 2 nitrogen and oxygen atoms in total. The monoisotopic (exact) mass is 295 g/mol. The third-order valence-corrected chi connectivity index (χ3v) is 3.95. The summed E-state index contributed by atoms with van der Waals surface area (Å²) in [5.74, 6) is 0.254. The van der Waals surface area contributed by atoms with Gasteiger partial charge in [-0.2, -0.15) is 0 Å². The van der Waals surface area contributed by atoms with Gasteiger partial charge < -0.3 is 4.90 Å². The molecule has 0 aliphatic rings. The third kappa shape index (κ3) is 5.72. The van der Waals surface area contributed by atoms with E-state index < -0.39 is 0 Å². The minimum atomic E-state index is 0.254. The van der Waals surface area contributed by atoms with Gasteiger partial charge in [0.1, 0.15) is 0 Å². The molecule has 0 unspecified atom stereocenters. The van der Waals surface area contributed by atoms with Crippen LogP contribution in [0.3, 0.4) is 0 Å². The van der Waals surface area contributed by atoms with Crippen LogP contribution in [-0.2, 0) is 17.6 Å². The van der Waals surface area contributed by atoms with Gasteiger partial charge in [0, 0.05) is 20.0 Å². The average molecular weight is 295 g/mol. The predicted octanol–water partition coefficient (Wildman–Crippen LogP) is 4.10. The van der Waals surface area contributed by atoms with Gasteiger partial charge in [-0.3, -0.25) is 4.79 Å². The first-order valence-corrected chi connectivity index (χ1v) is 8.07. The van der Waals surface area contributed by atoms with E-state index in [0.717, 1.165) is 32.2 Å². The highest BCUT2D eigenvalue weighted by atomic mass is 16.2. The van der Waals surface area contributed by atoms with Crippen molar-refractivity contribution in [2.75, 3.05) is 13.6 Å². The normalized spacial score (nSPS) is 10.4. The maximum absolute atomic E-state index is 12.1. The van der Waals surface area contributed by atoms with Gasteiger partial charge in [0.05, 0.1) is 0 Å². The van der Waals surface area contributed by atoms with Crippen LogP contribution in [0, 0.1) is 0 Å². The maximum atomic E-state index is 12.1. The molecule has 0 saturated carbocycles. The molecule has 22 heavy (non-hydrogen) atoms. The van der Waals surface area contributed by atoms with Gasteiger partial charge >= 0.3 is 0 Å². The summed E-state index contributed by atoms with van der Waals surface area (Å²) in [4.78, 5) is 14.0. The van der Waals surface area contributed by atoms with Crippen LogP contribution in [0.1, 0.15) is 30.4 Å². The minimum Gasteiger partial charge on any atom is -0.345 e. The van der Waals surface area contributed by atoms with Crippen LogP contribution >= 0.6 is 0 Å². The van der Waals surface area contributed by atoms with Crippen LogP contribution in [0.15, 0.2) is 60.7 Å². The fourth-order valence-electron chi connectivity index (χ4n) is 2.51. The minimum absolute atomic E-state index is 0.254. The fraction of sp³-hybridized carbons (Fsp3) is 0.350. The van der Waals surface area contributed by atoms with E-state index in [1.165, 1.54) is 11.1 Å². The van der Waals surface area contributed by atoms with Crippen molar-refractivity contribution in [1.29, 1.82) is 0 Å². The quantitative estimate of drug-likeness (QED) is 0.671. The van der Waals surface area contributed by atoms with Crippen molar-refractivity contribution in [2.45, 2.75) is 32.1 Å². The summed E-state index contributed by atoms with van der Waals surface area (Å²) in [6.45, 7) is 0.793. The van der Waals surface area contributed by atoms with Gasteiger partial charge in [0.15, 0.2) is 0 Å². The molecule has 0 N–H and O–H groups in total. The number of carbonyl (C=O) groups excluding carboxylic acids is 1. The van der Waals surface area contributed by atoms with Crippen molar-refractivity contribution in [2.24, 2.45) is 0 Å². The van der Waals surface area contributed by atoms with Gasteiger partial charge in [-0.05, 0) is 36.8 Å². The zero-order valence-corrected chi connectivity index (χ0v) is 13.4. The lowest BCUT2D eigenvalue weighted by Crippen LogP contribution is -2.28. The summed E-state index contributed by atoms with van der Waals surface area (Å²) >= 11 is 0. The Morgan fingerprint density at radius 1 is 0.818 bits per heavy atom. The molecule has 0 radical (unpaired) electrons. The predicted molar refractivity (Wildman–Crippen MR) is 91.8 cm³/mol. The Balaban J connectivity index is 1.62. The Hall–Kier alpha value is -2.09. The number of hydrogen-bond donors (Lipinski definition) is 0. The summed E-state index contributed by atoms with van der Waals surface area (Å²) < 4.78 is 0. The smallest absolute Gasteiger partial charge is 0.222 e. The van der Waals surface area contributed by atoms with Crippen molar-refractivity contribution in [3.63, 3.8) is 0 Å². The highest BCUT2D eigenvalue weighted by molar-refractivity contribution is 5.75. The number of benzene rings is 2. The average Bonchev–Trinajstić information content (AvgIpc) is 2.58. The zero-order valence-electron chi connectivity index (χ0n) is 13.4. The second kappa shape index (κ2) is 9.04. The van der Waals surface area contributed by atoms with E-state index in [1.807, 2.05) is 36.2 Å². The molecular formula is C20H25NO. The topological polar surface area (TPSA) is 20.3 Å². The van der Waals surface area contributed by atoms with E-state index in [4.69, 9.17) is 0 Å². The first kappa shape index (κ1) is 16.3. The molecule has 2 heteroatoms. The number of hydrogen-bond acceptors (Lipinski definition) is 1. The van der Waals surface area contributed by atoms with Gasteiger partial charge in [0.25, 0.3) is 0 Å². The van der Waals surface area contributed by atoms with Crippen molar-refractivity contribution < 1.29 is 4.79 Å². The van der Waals surface area contributed by atoms with Crippen LogP contribution in [0.25, 0.3) is 0 Å². The Kier molecular flexibility index (Phi) is 6.69. The summed E-state index contributed by atoms with van der Waals surface area (Å²) in [6.07, 6.45) is 4.67. The Bertz CT molecular complexity index is 550. The van der Waals surface area contributed by atoms with Crippen molar-refractivity contribution in [1.82, 2.24) is 4.90 Å². The fourth-order valence-corrected chi connectivity index (χ4v) is 2.51. The van der Waals surface area contributed by atoms with E-state index in [9.17, 15) is 4.79 Å². The van der Waals surface area contributed by atoms with Gasteiger partial charge in [-0.25, -0.2) is 0 Å². The molecule has 0 atom stereocenters. The number of rotatable bonds is 8. The zero-order chi connectivity index (χ0) is 15.6. The summed E-state index contributed by atoms with van der Waals surface area (Å²) in [5, 5.41) is 0. The highest BCUT2D eigenvalue weighted by Crippen LogP contribution is 2.08. The lowest BCUT2D eigenvalue weighted by atomic mass is 10.1. The lowest BCUT2D eigenvalue weighted by molar-refractivity contribution is -0.130. The van der Waals surface area contributed by atoms with Crippen LogP contribution in [-0.4, -0.2) is 24.4 Å². The van der Waals surface area contributed by atoms with E-state index in [-0.39, 0.29) is 5.91 Å². The van der Waals surface area contributed by atoms with Gasteiger partial charge in [0.2, 0.25) is 5.91 Å². The standard InChI is InChI=1S/C20H25NO/c1-21(17-16-19-12-6-3-7-13-19)20(22)15-9-8-14-18-10-4-2-5-11-18/h2-7,10-13H,8-9,14-17H2,1H3. The molecule has 1 amide bonds. The number of likely N-dealkylation sites (N-methyl/N-ethyl adjacent to an activating group) is 1. The highest BCUT2D eigenvalue weighted by Gasteiger charge is 2.08. The molecule has 116 valence electrons. The van der Waals surface area contributed by atoms with E-state index >= 15 is 0 Å². The number of carbonyl (C=O) groups is 1. The largest absolute Gasteiger partial charge is 0.345 e. The third-order valence-electron chi connectivity index (χ3n) is 3.95. The maximum Gasteiger partial charge on any atom is 0.222 e. The van der Waals surface area contributed by atoms with Gasteiger partial charge in [-0.15, -0.1) is 0 Å². The van der Waals surface area contributed by atoms with E-state index in [1.54, 1.807) is 0 Å². The number of unbranched alkanes of at least 4 members (excludes halogenated alkanes) is 1. The molecule has 0 aromatic heterocycles. The summed E-state index contributed by atoms with van der Waals surface area (Å²) in [6, 6.07) is 20.8. The molecule has 2 rings (SSSR count). The first-order chi connectivity index (χ1) is 10.8. The van der Waals surface area contributed by atoms with Crippen LogP contribution in [0.5, 0.6) is 0 Å². The number of nitrogens with zero attached hydrogens (tertiary/aromatic N) is 1. The van der Waals surface area contributed by atoms with E-state index in [0.29, 0.717) is 6.42 Å². The van der Waals surface area contributed by atoms with Crippen LogP contribution in [0.4, 0.5) is 0 Å². The SMILES string of the molecule is CN(CCc1ccccc1)C(=O)CCCCc1ccccc1. The molecule has 0 heterocycles. The Morgan fingerprint density at radius 3 is 1.95 bits per heavy atom. The number of aryl methyl sites for hydroxylation is 1. The molecule has 0 aliphatic heterocycles. The molecule has 2 aromatic rings. The second-order valence-electron chi connectivity index (χ2n) is 5.74. The molecular weight excluding hydrogens is 270 g/mol. The summed E-state index contributed by atoms with van der Waals surface area (Å²) in [5.41, 5.74) is 2.64. The molecule has 0 saturated heterocycles. The first-order valence-electron chi connectivity index (χ1n) is 8.07. The van der Waals surface area contributed by atoms with Crippen LogP contribution in [0.2, 0.25) is 0 Å². The van der Waals surface area contributed by atoms with Gasteiger partial charge in [-0.1, -0.05) is 60.7 Å². The number of amides is 1. The second-order valence-corrected chi connectivity index (χ2v) is 5.74. The molecule has 0 bridgehead atoms. The van der Waals surface area contributed by atoms with Crippen LogP contribution < -0.4 is 0 Å². The Labute approximate surface area is 133 Å².